The lowest BCUT2D eigenvalue weighted by Crippen LogP contribution is -2.36. The van der Waals surface area contributed by atoms with E-state index in [1.54, 1.807) is 12.1 Å². The molecular weight excluding hydrogens is 226 g/mol. The van der Waals surface area contributed by atoms with Crippen LogP contribution in [-0.2, 0) is 0 Å². The van der Waals surface area contributed by atoms with Crippen molar-refractivity contribution in [2.75, 3.05) is 0 Å². The third kappa shape index (κ3) is 3.94. The van der Waals surface area contributed by atoms with E-state index in [1.165, 1.54) is 6.07 Å². The SMILES string of the molecule is CC(C)(C)C(NN)c1cccc(OC(F)F)c1. The van der Waals surface area contributed by atoms with Gasteiger partial charge in [-0.2, -0.15) is 8.78 Å². The number of ether oxygens (including phenoxy) is 1. The minimum Gasteiger partial charge on any atom is -0.435 e. The molecule has 3 N–H and O–H groups in total. The molecule has 1 atom stereocenters. The molecule has 0 amide bonds. The van der Waals surface area contributed by atoms with Gasteiger partial charge >= 0.3 is 6.61 Å². The summed E-state index contributed by atoms with van der Waals surface area (Å²) in [6.45, 7) is 3.22. The Hall–Kier alpha value is -1.20. The van der Waals surface area contributed by atoms with Crippen LogP contribution in [-0.4, -0.2) is 6.61 Å². The molecule has 0 fully saturated rings. The van der Waals surface area contributed by atoms with Gasteiger partial charge in [-0.1, -0.05) is 32.9 Å². The zero-order valence-corrected chi connectivity index (χ0v) is 10.2. The van der Waals surface area contributed by atoms with Crippen molar-refractivity contribution in [3.05, 3.63) is 29.8 Å². The van der Waals surface area contributed by atoms with E-state index in [9.17, 15) is 8.78 Å². The molecule has 0 aliphatic heterocycles. The van der Waals surface area contributed by atoms with Gasteiger partial charge < -0.3 is 4.74 Å². The molecule has 1 aromatic carbocycles. The summed E-state index contributed by atoms with van der Waals surface area (Å²) < 4.78 is 28.6. The number of hydrogen-bond acceptors (Lipinski definition) is 3. The fraction of sp³-hybridized carbons (Fsp3) is 0.500. The molecule has 3 nitrogen and oxygen atoms in total. The van der Waals surface area contributed by atoms with Crippen LogP contribution < -0.4 is 16.0 Å². The van der Waals surface area contributed by atoms with Crippen molar-refractivity contribution in [2.45, 2.75) is 33.4 Å². The Labute approximate surface area is 99.9 Å². The molecule has 1 aromatic rings. The second kappa shape index (κ2) is 5.42. The molecule has 0 radical (unpaired) electrons. The normalized spacial score (nSPS) is 13.8. The molecule has 17 heavy (non-hydrogen) atoms. The molecule has 1 unspecified atom stereocenters. The maximum atomic E-state index is 12.1. The molecule has 96 valence electrons. The highest BCUT2D eigenvalue weighted by Crippen LogP contribution is 2.33. The summed E-state index contributed by atoms with van der Waals surface area (Å²) in [5.41, 5.74) is 3.39. The number of nitrogens with one attached hydrogen (secondary N) is 1. The van der Waals surface area contributed by atoms with Crippen LogP contribution in [0.25, 0.3) is 0 Å². The Kier molecular flexibility index (Phi) is 4.42. The lowest BCUT2D eigenvalue weighted by molar-refractivity contribution is -0.0499. The molecule has 0 spiro atoms. The third-order valence-electron chi connectivity index (χ3n) is 2.45. The van der Waals surface area contributed by atoms with Crippen LogP contribution in [0, 0.1) is 5.41 Å². The van der Waals surface area contributed by atoms with Gasteiger partial charge in [-0.15, -0.1) is 0 Å². The first-order valence-corrected chi connectivity index (χ1v) is 5.35. The molecule has 5 heteroatoms. The number of rotatable bonds is 4. The van der Waals surface area contributed by atoms with Crippen LogP contribution in [0.15, 0.2) is 24.3 Å². The first kappa shape index (κ1) is 13.9. The first-order chi connectivity index (χ1) is 7.84. The topological polar surface area (TPSA) is 47.3 Å². The third-order valence-corrected chi connectivity index (χ3v) is 2.45. The van der Waals surface area contributed by atoms with Crippen LogP contribution in [0.2, 0.25) is 0 Å². The van der Waals surface area contributed by atoms with Gasteiger partial charge in [0.25, 0.3) is 0 Å². The van der Waals surface area contributed by atoms with E-state index >= 15 is 0 Å². The highest BCUT2D eigenvalue weighted by molar-refractivity contribution is 5.31. The minimum atomic E-state index is -2.82. The monoisotopic (exact) mass is 244 g/mol. The van der Waals surface area contributed by atoms with Crippen molar-refractivity contribution >= 4 is 0 Å². The first-order valence-electron chi connectivity index (χ1n) is 5.35. The van der Waals surface area contributed by atoms with E-state index in [-0.39, 0.29) is 17.2 Å². The Bertz CT molecular complexity index is 364. The Morgan fingerprint density at radius 3 is 2.41 bits per heavy atom. The van der Waals surface area contributed by atoms with Crippen LogP contribution >= 0.6 is 0 Å². The van der Waals surface area contributed by atoms with Gasteiger partial charge in [-0.05, 0) is 23.1 Å². The maximum absolute atomic E-state index is 12.1. The number of alkyl halides is 2. The second-order valence-electron chi connectivity index (χ2n) is 4.92. The molecular formula is C12H18F2N2O. The number of halogens is 2. The average molecular weight is 244 g/mol. The Morgan fingerprint density at radius 2 is 1.94 bits per heavy atom. The fourth-order valence-electron chi connectivity index (χ4n) is 1.72. The number of nitrogens with two attached hydrogens (primary N) is 1. The van der Waals surface area contributed by atoms with Crippen molar-refractivity contribution in [3.63, 3.8) is 0 Å². The largest absolute Gasteiger partial charge is 0.435 e. The molecule has 0 aliphatic rings. The van der Waals surface area contributed by atoms with Gasteiger partial charge in [0.1, 0.15) is 5.75 Å². The zero-order chi connectivity index (χ0) is 13.1. The quantitative estimate of drug-likeness (QED) is 0.632. The van der Waals surface area contributed by atoms with Crippen LogP contribution in [0.3, 0.4) is 0 Å². The summed E-state index contributed by atoms with van der Waals surface area (Å²) >= 11 is 0. The van der Waals surface area contributed by atoms with Gasteiger partial charge in [-0.25, -0.2) is 0 Å². The number of benzene rings is 1. The lowest BCUT2D eigenvalue weighted by Gasteiger charge is -2.30. The minimum absolute atomic E-state index is 0.127. The van der Waals surface area contributed by atoms with Crippen molar-refractivity contribution in [3.8, 4) is 5.75 Å². The molecule has 0 saturated heterocycles. The molecule has 0 aromatic heterocycles. The summed E-state index contributed by atoms with van der Waals surface area (Å²) in [6, 6.07) is 6.43. The van der Waals surface area contributed by atoms with Gasteiger partial charge in [0, 0.05) is 0 Å². The number of hydrazine groups is 1. The molecule has 0 aliphatic carbocycles. The molecule has 0 heterocycles. The summed E-state index contributed by atoms with van der Waals surface area (Å²) in [7, 11) is 0. The predicted molar refractivity (Wildman–Crippen MR) is 62.6 cm³/mol. The van der Waals surface area contributed by atoms with E-state index in [0.717, 1.165) is 5.56 Å². The van der Waals surface area contributed by atoms with Gasteiger partial charge in [-0.3, -0.25) is 11.3 Å². The average Bonchev–Trinajstić information content (AvgIpc) is 2.15. The number of hydrogen-bond donors (Lipinski definition) is 2. The van der Waals surface area contributed by atoms with Crippen LogP contribution in [0.5, 0.6) is 5.75 Å². The van der Waals surface area contributed by atoms with E-state index < -0.39 is 6.61 Å². The van der Waals surface area contributed by atoms with Crippen molar-refractivity contribution in [2.24, 2.45) is 11.3 Å². The van der Waals surface area contributed by atoms with Gasteiger partial charge in [0.05, 0.1) is 6.04 Å². The second-order valence-corrected chi connectivity index (χ2v) is 4.92. The van der Waals surface area contributed by atoms with E-state index in [1.807, 2.05) is 26.8 Å². The van der Waals surface area contributed by atoms with Crippen molar-refractivity contribution in [1.82, 2.24) is 5.43 Å². The Balaban J connectivity index is 2.97. The molecule has 0 bridgehead atoms. The van der Waals surface area contributed by atoms with Gasteiger partial charge in [0.15, 0.2) is 0 Å². The fourth-order valence-corrected chi connectivity index (χ4v) is 1.72. The standard InChI is InChI=1S/C12H18F2N2O/c1-12(2,3)10(16-15)8-5-4-6-9(7-8)17-11(13)14/h4-7,10-11,16H,15H2,1-3H3. The lowest BCUT2D eigenvalue weighted by atomic mass is 9.83. The maximum Gasteiger partial charge on any atom is 0.387 e. The summed E-state index contributed by atoms with van der Waals surface area (Å²) in [4.78, 5) is 0. The summed E-state index contributed by atoms with van der Waals surface area (Å²) in [6.07, 6.45) is 0. The highest BCUT2D eigenvalue weighted by Gasteiger charge is 2.25. The molecule has 0 saturated carbocycles. The summed E-state index contributed by atoms with van der Waals surface area (Å²) in [5.74, 6) is 5.64. The smallest absolute Gasteiger partial charge is 0.387 e. The van der Waals surface area contributed by atoms with E-state index in [0.29, 0.717) is 0 Å². The van der Waals surface area contributed by atoms with E-state index in [2.05, 4.69) is 10.2 Å². The van der Waals surface area contributed by atoms with Crippen LogP contribution in [0.4, 0.5) is 8.78 Å². The molecule has 1 rings (SSSR count). The van der Waals surface area contributed by atoms with E-state index in [4.69, 9.17) is 5.84 Å². The summed E-state index contributed by atoms with van der Waals surface area (Å²) in [5, 5.41) is 0. The predicted octanol–water partition coefficient (Wildman–Crippen LogP) is 2.84. The highest BCUT2D eigenvalue weighted by atomic mass is 19.3. The van der Waals surface area contributed by atoms with Crippen molar-refractivity contribution < 1.29 is 13.5 Å². The zero-order valence-electron chi connectivity index (χ0n) is 10.2. The van der Waals surface area contributed by atoms with Crippen LogP contribution in [0.1, 0.15) is 32.4 Å². The van der Waals surface area contributed by atoms with Gasteiger partial charge in [0.2, 0.25) is 0 Å². The Morgan fingerprint density at radius 1 is 1.29 bits per heavy atom. The van der Waals surface area contributed by atoms with Crippen molar-refractivity contribution in [1.29, 1.82) is 0 Å².